The summed E-state index contributed by atoms with van der Waals surface area (Å²) in [6.45, 7) is 0. The Morgan fingerprint density at radius 2 is 1.52 bits per heavy atom. The number of nitrogens with one attached hydrogen (secondary N) is 1. The van der Waals surface area contributed by atoms with Gasteiger partial charge in [-0.3, -0.25) is 4.79 Å². The summed E-state index contributed by atoms with van der Waals surface area (Å²) in [5.41, 5.74) is -0.448. The van der Waals surface area contributed by atoms with Crippen molar-refractivity contribution in [2.45, 2.75) is 12.6 Å². The van der Waals surface area contributed by atoms with Crippen LogP contribution in [0.4, 0.5) is 18.9 Å². The molecule has 2 rings (SSSR count). The molecule has 0 aromatic heterocycles. The number of carbonyl (C=O) groups is 2. The number of aromatic carboxylic acids is 1. The molecule has 120 valence electrons. The van der Waals surface area contributed by atoms with E-state index < -0.39 is 24.5 Å². The van der Waals surface area contributed by atoms with Crippen molar-refractivity contribution in [1.82, 2.24) is 0 Å². The summed E-state index contributed by atoms with van der Waals surface area (Å²) in [6, 6.07) is 11.0. The molecule has 0 fully saturated rings. The first-order valence-electron chi connectivity index (χ1n) is 6.56. The molecule has 2 aromatic carbocycles. The van der Waals surface area contributed by atoms with Crippen molar-refractivity contribution < 1.29 is 27.9 Å². The van der Waals surface area contributed by atoms with Gasteiger partial charge in [0.25, 0.3) is 5.91 Å². The Morgan fingerprint density at radius 3 is 2.13 bits per heavy atom. The molecule has 0 saturated carbocycles. The van der Waals surface area contributed by atoms with Crippen LogP contribution >= 0.6 is 0 Å². The van der Waals surface area contributed by atoms with Crippen LogP contribution in [0.3, 0.4) is 0 Å². The molecule has 0 unspecified atom stereocenters. The summed E-state index contributed by atoms with van der Waals surface area (Å²) in [5.74, 6) is -2.07. The Hall–Kier alpha value is -2.83. The van der Waals surface area contributed by atoms with E-state index >= 15 is 0 Å². The third-order valence-corrected chi connectivity index (χ3v) is 3.06. The smallest absolute Gasteiger partial charge is 0.393 e. The van der Waals surface area contributed by atoms with Crippen LogP contribution < -0.4 is 5.32 Å². The summed E-state index contributed by atoms with van der Waals surface area (Å²) in [4.78, 5) is 23.3. The molecule has 2 aromatic rings. The first kappa shape index (κ1) is 16.5. The van der Waals surface area contributed by atoms with E-state index in [2.05, 4.69) is 5.32 Å². The Balaban J connectivity index is 2.30. The summed E-state index contributed by atoms with van der Waals surface area (Å²) in [5, 5.41) is 11.4. The molecule has 0 heterocycles. The average molecular weight is 323 g/mol. The molecule has 0 atom stereocenters. The van der Waals surface area contributed by atoms with E-state index in [4.69, 9.17) is 5.11 Å². The van der Waals surface area contributed by atoms with Gasteiger partial charge in [-0.25, -0.2) is 4.79 Å². The summed E-state index contributed by atoms with van der Waals surface area (Å²) >= 11 is 0. The highest BCUT2D eigenvalue weighted by molar-refractivity contribution is 6.10. The van der Waals surface area contributed by atoms with Crippen LogP contribution in [0.5, 0.6) is 0 Å². The van der Waals surface area contributed by atoms with Crippen molar-refractivity contribution >= 4 is 17.6 Å². The van der Waals surface area contributed by atoms with Gasteiger partial charge in [-0.2, -0.15) is 13.2 Å². The quantitative estimate of drug-likeness (QED) is 0.901. The van der Waals surface area contributed by atoms with E-state index in [-0.39, 0.29) is 22.4 Å². The lowest BCUT2D eigenvalue weighted by molar-refractivity contribution is -0.127. The zero-order valence-electron chi connectivity index (χ0n) is 11.7. The molecule has 23 heavy (non-hydrogen) atoms. The topological polar surface area (TPSA) is 66.4 Å². The van der Waals surface area contributed by atoms with Gasteiger partial charge in [0.1, 0.15) is 0 Å². The predicted octanol–water partition coefficient (Wildman–Crippen LogP) is 3.74. The third kappa shape index (κ3) is 4.32. The fourth-order valence-corrected chi connectivity index (χ4v) is 2.07. The highest BCUT2D eigenvalue weighted by Crippen LogP contribution is 2.26. The Morgan fingerprint density at radius 1 is 0.957 bits per heavy atom. The maximum atomic E-state index is 12.6. The second kappa shape index (κ2) is 6.51. The normalized spacial score (nSPS) is 11.1. The maximum Gasteiger partial charge on any atom is 0.393 e. The van der Waals surface area contributed by atoms with Gasteiger partial charge >= 0.3 is 12.1 Å². The van der Waals surface area contributed by atoms with Gasteiger partial charge in [0.2, 0.25) is 0 Å². The van der Waals surface area contributed by atoms with Crippen LogP contribution in [0.2, 0.25) is 0 Å². The van der Waals surface area contributed by atoms with Gasteiger partial charge in [-0.15, -0.1) is 0 Å². The number of carboxylic acid groups (broad SMARTS) is 1. The molecule has 4 nitrogen and oxygen atoms in total. The van der Waals surface area contributed by atoms with E-state index in [0.717, 1.165) is 0 Å². The van der Waals surface area contributed by atoms with Crippen molar-refractivity contribution in [2.75, 3.05) is 5.32 Å². The minimum Gasteiger partial charge on any atom is -0.478 e. The molecular weight excluding hydrogens is 311 g/mol. The van der Waals surface area contributed by atoms with Gasteiger partial charge in [0.05, 0.1) is 17.5 Å². The first-order valence-corrected chi connectivity index (χ1v) is 6.56. The van der Waals surface area contributed by atoms with Crippen molar-refractivity contribution in [3.8, 4) is 0 Å². The van der Waals surface area contributed by atoms with Gasteiger partial charge in [0.15, 0.2) is 0 Å². The molecule has 0 spiro atoms. The van der Waals surface area contributed by atoms with Crippen LogP contribution in [-0.4, -0.2) is 23.2 Å². The molecule has 0 radical (unpaired) electrons. The van der Waals surface area contributed by atoms with Crippen LogP contribution in [0.15, 0.2) is 48.5 Å². The lowest BCUT2D eigenvalue weighted by atomic mass is 10.1. The number of benzene rings is 2. The Bertz CT molecular complexity index is 741. The zero-order valence-corrected chi connectivity index (χ0v) is 11.7. The summed E-state index contributed by atoms with van der Waals surface area (Å²) in [6.07, 6.45) is -5.61. The van der Waals surface area contributed by atoms with Crippen molar-refractivity contribution in [3.05, 3.63) is 65.2 Å². The van der Waals surface area contributed by atoms with Gasteiger partial charge in [0, 0.05) is 5.69 Å². The van der Waals surface area contributed by atoms with Crippen LogP contribution in [0.1, 0.15) is 26.3 Å². The highest BCUT2D eigenvalue weighted by Gasteiger charge is 2.29. The second-order valence-corrected chi connectivity index (χ2v) is 4.75. The number of carbonyl (C=O) groups excluding carboxylic acids is 1. The standard InChI is InChI=1S/C16H12F3NO3/c17-16(18,19)9-10-5-1-4-8-13(10)20-14(21)11-6-2-3-7-12(11)15(22)23/h1-8H,9H2,(H,20,21)(H,22,23). The monoisotopic (exact) mass is 323 g/mol. The molecule has 2 N–H and O–H groups in total. The number of rotatable bonds is 4. The number of hydrogen-bond acceptors (Lipinski definition) is 2. The molecule has 7 heteroatoms. The largest absolute Gasteiger partial charge is 0.478 e. The lowest BCUT2D eigenvalue weighted by Crippen LogP contribution is -2.19. The molecule has 0 saturated heterocycles. The van der Waals surface area contributed by atoms with E-state index in [0.29, 0.717) is 0 Å². The first-order chi connectivity index (χ1) is 10.8. The molecule has 1 amide bonds. The van der Waals surface area contributed by atoms with Crippen molar-refractivity contribution in [2.24, 2.45) is 0 Å². The van der Waals surface area contributed by atoms with Gasteiger partial charge < -0.3 is 10.4 Å². The number of alkyl halides is 3. The van der Waals surface area contributed by atoms with E-state index in [1.54, 1.807) is 0 Å². The van der Waals surface area contributed by atoms with E-state index in [1.807, 2.05) is 0 Å². The molecular formula is C16H12F3NO3. The molecule has 0 aliphatic rings. The Kier molecular flexibility index (Phi) is 4.68. The molecule has 0 aliphatic heterocycles. The minimum absolute atomic E-state index is 0.00461. The van der Waals surface area contributed by atoms with Gasteiger partial charge in [-0.1, -0.05) is 30.3 Å². The number of anilines is 1. The fourth-order valence-electron chi connectivity index (χ4n) is 2.07. The van der Waals surface area contributed by atoms with Crippen LogP contribution in [0, 0.1) is 0 Å². The second-order valence-electron chi connectivity index (χ2n) is 4.75. The van der Waals surface area contributed by atoms with Gasteiger partial charge in [-0.05, 0) is 23.8 Å². The van der Waals surface area contributed by atoms with Crippen LogP contribution in [0.25, 0.3) is 0 Å². The van der Waals surface area contributed by atoms with Crippen molar-refractivity contribution in [1.29, 1.82) is 0 Å². The zero-order chi connectivity index (χ0) is 17.0. The molecule has 0 aliphatic carbocycles. The SMILES string of the molecule is O=C(O)c1ccccc1C(=O)Nc1ccccc1CC(F)(F)F. The number of para-hydroxylation sites is 1. The lowest BCUT2D eigenvalue weighted by Gasteiger charge is -2.13. The van der Waals surface area contributed by atoms with Crippen molar-refractivity contribution in [3.63, 3.8) is 0 Å². The molecule has 0 bridgehead atoms. The number of hydrogen-bond donors (Lipinski definition) is 2. The number of halogens is 3. The third-order valence-electron chi connectivity index (χ3n) is 3.06. The summed E-state index contributed by atoms with van der Waals surface area (Å²) < 4.78 is 37.7. The highest BCUT2D eigenvalue weighted by atomic mass is 19.4. The average Bonchev–Trinajstić information content (AvgIpc) is 2.47. The fraction of sp³-hybridized carbons (Fsp3) is 0.125. The predicted molar refractivity (Wildman–Crippen MR) is 77.6 cm³/mol. The van der Waals surface area contributed by atoms with E-state index in [9.17, 15) is 22.8 Å². The number of amides is 1. The van der Waals surface area contributed by atoms with E-state index in [1.165, 1.54) is 48.5 Å². The Labute approximate surface area is 129 Å². The maximum absolute atomic E-state index is 12.6. The minimum atomic E-state index is -4.42. The summed E-state index contributed by atoms with van der Waals surface area (Å²) in [7, 11) is 0. The van der Waals surface area contributed by atoms with Crippen LogP contribution in [-0.2, 0) is 6.42 Å². The number of carboxylic acids is 1.